The first-order valence-corrected chi connectivity index (χ1v) is 5.89. The maximum absolute atomic E-state index is 12.7. The normalized spacial score (nSPS) is 11.6. The van der Waals surface area contributed by atoms with E-state index < -0.39 is 15.7 Å². The van der Waals surface area contributed by atoms with E-state index in [1.165, 1.54) is 7.11 Å². The standard InChI is InChI=1S/C9H12FNO3S/c1-14-4-5-15(12,13)9-3-2-7(10)6-8(9)11/h2-3,6H,4-5,11H2,1H3. The van der Waals surface area contributed by atoms with Crippen molar-refractivity contribution in [2.75, 3.05) is 25.2 Å². The molecule has 1 aromatic rings. The lowest BCUT2D eigenvalue weighted by Gasteiger charge is -2.06. The molecular formula is C9H12FNO3S. The summed E-state index contributed by atoms with van der Waals surface area (Å²) < 4.78 is 40.6. The lowest BCUT2D eigenvalue weighted by molar-refractivity contribution is 0.217. The molecule has 2 N–H and O–H groups in total. The van der Waals surface area contributed by atoms with Crippen molar-refractivity contribution < 1.29 is 17.5 Å². The van der Waals surface area contributed by atoms with Gasteiger partial charge in [0.25, 0.3) is 0 Å². The van der Waals surface area contributed by atoms with Crippen LogP contribution < -0.4 is 5.73 Å². The van der Waals surface area contributed by atoms with E-state index in [1.54, 1.807) is 0 Å². The zero-order valence-corrected chi connectivity index (χ0v) is 9.05. The van der Waals surface area contributed by atoms with Gasteiger partial charge in [0.1, 0.15) is 5.82 Å². The molecule has 84 valence electrons. The highest BCUT2D eigenvalue weighted by Gasteiger charge is 2.17. The minimum atomic E-state index is -3.49. The van der Waals surface area contributed by atoms with Gasteiger partial charge in [0.2, 0.25) is 0 Å². The quantitative estimate of drug-likeness (QED) is 0.617. The van der Waals surface area contributed by atoms with Gasteiger partial charge in [0.05, 0.1) is 22.9 Å². The van der Waals surface area contributed by atoms with Crippen molar-refractivity contribution in [1.29, 1.82) is 0 Å². The molecule has 0 aliphatic carbocycles. The first kappa shape index (κ1) is 11.9. The van der Waals surface area contributed by atoms with Crippen molar-refractivity contribution in [1.82, 2.24) is 0 Å². The molecule has 0 aliphatic rings. The summed E-state index contributed by atoms with van der Waals surface area (Å²) in [5, 5.41) is 0. The molecule has 6 heteroatoms. The molecule has 0 fully saturated rings. The Hall–Kier alpha value is -1.14. The summed E-state index contributed by atoms with van der Waals surface area (Å²) in [6, 6.07) is 3.21. The average Bonchev–Trinajstić information content (AvgIpc) is 2.14. The van der Waals surface area contributed by atoms with E-state index >= 15 is 0 Å². The molecule has 15 heavy (non-hydrogen) atoms. The second-order valence-corrected chi connectivity index (χ2v) is 5.07. The van der Waals surface area contributed by atoms with Crippen molar-refractivity contribution in [3.8, 4) is 0 Å². The molecule has 0 amide bonds. The largest absolute Gasteiger partial charge is 0.398 e. The van der Waals surface area contributed by atoms with Gasteiger partial charge < -0.3 is 10.5 Å². The van der Waals surface area contributed by atoms with Crippen LogP contribution in [0.4, 0.5) is 10.1 Å². The smallest absolute Gasteiger partial charge is 0.182 e. The second kappa shape index (κ2) is 4.59. The Labute approximate surface area is 87.8 Å². The Morgan fingerprint density at radius 1 is 1.47 bits per heavy atom. The molecule has 0 atom stereocenters. The van der Waals surface area contributed by atoms with Crippen LogP contribution in [0.1, 0.15) is 0 Å². The number of methoxy groups -OCH3 is 1. The third-order valence-corrected chi connectivity index (χ3v) is 3.61. The molecular weight excluding hydrogens is 221 g/mol. The Balaban J connectivity index is 3.05. The number of hydrogen-bond acceptors (Lipinski definition) is 4. The highest BCUT2D eigenvalue weighted by Crippen LogP contribution is 2.20. The lowest BCUT2D eigenvalue weighted by atomic mass is 10.3. The Bertz CT molecular complexity index is 445. The third kappa shape index (κ3) is 2.90. The van der Waals surface area contributed by atoms with Crippen LogP contribution in [0.2, 0.25) is 0 Å². The molecule has 0 radical (unpaired) electrons. The van der Waals surface area contributed by atoms with Crippen LogP contribution in [0.15, 0.2) is 23.1 Å². The van der Waals surface area contributed by atoms with Gasteiger partial charge in [0.15, 0.2) is 9.84 Å². The zero-order valence-electron chi connectivity index (χ0n) is 8.23. The van der Waals surface area contributed by atoms with Gasteiger partial charge in [0, 0.05) is 7.11 Å². The van der Waals surface area contributed by atoms with E-state index in [2.05, 4.69) is 4.74 Å². The molecule has 0 saturated carbocycles. The Morgan fingerprint density at radius 3 is 2.67 bits per heavy atom. The maximum Gasteiger partial charge on any atom is 0.182 e. The molecule has 0 bridgehead atoms. The van der Waals surface area contributed by atoms with Crippen LogP contribution in [-0.4, -0.2) is 27.9 Å². The molecule has 0 unspecified atom stereocenters. The maximum atomic E-state index is 12.7. The van der Waals surface area contributed by atoms with Crippen molar-refractivity contribution in [2.45, 2.75) is 4.90 Å². The minimum absolute atomic E-state index is 0.0547. The van der Waals surface area contributed by atoms with E-state index in [0.29, 0.717) is 0 Å². The molecule has 0 aliphatic heterocycles. The minimum Gasteiger partial charge on any atom is -0.398 e. The van der Waals surface area contributed by atoms with Gasteiger partial charge in [-0.15, -0.1) is 0 Å². The van der Waals surface area contributed by atoms with E-state index in [4.69, 9.17) is 5.73 Å². The van der Waals surface area contributed by atoms with Crippen LogP contribution in [0, 0.1) is 5.82 Å². The van der Waals surface area contributed by atoms with E-state index in [1.807, 2.05) is 0 Å². The highest BCUT2D eigenvalue weighted by molar-refractivity contribution is 7.91. The van der Waals surface area contributed by atoms with Crippen LogP contribution in [0.5, 0.6) is 0 Å². The Kier molecular flexibility index (Phi) is 3.65. The van der Waals surface area contributed by atoms with E-state index in [0.717, 1.165) is 18.2 Å². The van der Waals surface area contributed by atoms with Crippen LogP contribution >= 0.6 is 0 Å². The van der Waals surface area contributed by atoms with E-state index in [-0.39, 0.29) is 22.9 Å². The number of anilines is 1. The number of hydrogen-bond donors (Lipinski definition) is 1. The van der Waals surface area contributed by atoms with Crippen molar-refractivity contribution >= 4 is 15.5 Å². The van der Waals surface area contributed by atoms with Gasteiger partial charge >= 0.3 is 0 Å². The van der Waals surface area contributed by atoms with Gasteiger partial charge in [-0.3, -0.25) is 0 Å². The number of benzene rings is 1. The number of halogens is 1. The van der Waals surface area contributed by atoms with Crippen molar-refractivity contribution in [2.24, 2.45) is 0 Å². The van der Waals surface area contributed by atoms with Gasteiger partial charge in [-0.1, -0.05) is 0 Å². The van der Waals surface area contributed by atoms with Gasteiger partial charge in [-0.05, 0) is 18.2 Å². The summed E-state index contributed by atoms with van der Waals surface area (Å²) in [6.45, 7) is 0.0825. The fourth-order valence-corrected chi connectivity index (χ4v) is 2.40. The average molecular weight is 233 g/mol. The van der Waals surface area contributed by atoms with Crippen LogP contribution in [-0.2, 0) is 14.6 Å². The van der Waals surface area contributed by atoms with Crippen molar-refractivity contribution in [3.05, 3.63) is 24.0 Å². The SMILES string of the molecule is COCCS(=O)(=O)c1ccc(F)cc1N. The highest BCUT2D eigenvalue weighted by atomic mass is 32.2. The molecule has 0 spiro atoms. The summed E-state index contributed by atoms with van der Waals surface area (Å²) >= 11 is 0. The topological polar surface area (TPSA) is 69.4 Å². The van der Waals surface area contributed by atoms with Crippen LogP contribution in [0.3, 0.4) is 0 Å². The molecule has 0 aromatic heterocycles. The van der Waals surface area contributed by atoms with E-state index in [9.17, 15) is 12.8 Å². The molecule has 4 nitrogen and oxygen atoms in total. The van der Waals surface area contributed by atoms with Gasteiger partial charge in [-0.25, -0.2) is 12.8 Å². The fourth-order valence-electron chi connectivity index (χ4n) is 1.11. The lowest BCUT2D eigenvalue weighted by Crippen LogP contribution is -2.13. The number of rotatable bonds is 4. The summed E-state index contributed by atoms with van der Waals surface area (Å²) in [4.78, 5) is -0.0547. The predicted molar refractivity (Wildman–Crippen MR) is 54.7 cm³/mol. The zero-order chi connectivity index (χ0) is 11.5. The van der Waals surface area contributed by atoms with Crippen molar-refractivity contribution in [3.63, 3.8) is 0 Å². The third-order valence-electron chi connectivity index (χ3n) is 1.86. The fraction of sp³-hybridized carbons (Fsp3) is 0.333. The van der Waals surface area contributed by atoms with Gasteiger partial charge in [-0.2, -0.15) is 0 Å². The summed E-state index contributed by atoms with van der Waals surface area (Å²) in [7, 11) is -2.08. The predicted octanol–water partition coefficient (Wildman–Crippen LogP) is 0.828. The first-order valence-electron chi connectivity index (χ1n) is 4.24. The summed E-state index contributed by atoms with van der Waals surface area (Å²) in [5.41, 5.74) is 5.34. The number of sulfone groups is 1. The summed E-state index contributed by atoms with van der Waals surface area (Å²) in [5.74, 6) is -0.725. The molecule has 0 heterocycles. The summed E-state index contributed by atoms with van der Waals surface area (Å²) in [6.07, 6.45) is 0. The Morgan fingerprint density at radius 2 is 2.13 bits per heavy atom. The monoisotopic (exact) mass is 233 g/mol. The molecule has 0 saturated heterocycles. The number of nitrogens with two attached hydrogens (primary N) is 1. The number of nitrogen functional groups attached to an aromatic ring is 1. The first-order chi connectivity index (χ1) is 6.97. The molecule has 1 rings (SSSR count). The second-order valence-electron chi connectivity index (χ2n) is 2.99. The number of ether oxygens (including phenoxy) is 1. The van der Waals surface area contributed by atoms with Crippen LogP contribution in [0.25, 0.3) is 0 Å². The molecule has 1 aromatic carbocycles.